The molecule has 0 radical (unpaired) electrons. The molecule has 1 aliphatic heterocycles. The number of carbonyl (C=O) groups excluding carboxylic acids is 1. The number of H-pyrrole nitrogens is 1. The second kappa shape index (κ2) is 11.7. The van der Waals surface area contributed by atoms with Gasteiger partial charge >= 0.3 is 0 Å². The molecule has 5 rings (SSSR count). The molecule has 0 aliphatic carbocycles. The summed E-state index contributed by atoms with van der Waals surface area (Å²) in [7, 11) is 1.77. The van der Waals surface area contributed by atoms with Crippen LogP contribution in [-0.2, 0) is 13.5 Å². The number of benzene rings is 1. The molecular formula is C28H35N9O3. The zero-order valence-corrected chi connectivity index (χ0v) is 23.1. The van der Waals surface area contributed by atoms with Gasteiger partial charge in [-0.3, -0.25) is 14.3 Å². The molecule has 12 nitrogen and oxygen atoms in total. The Morgan fingerprint density at radius 2 is 1.95 bits per heavy atom. The Balaban J connectivity index is 1.30. The van der Waals surface area contributed by atoms with E-state index in [1.165, 1.54) is 12.4 Å². The number of nitrogens with two attached hydrogens (primary N) is 1. The summed E-state index contributed by atoms with van der Waals surface area (Å²) < 4.78 is 7.50. The van der Waals surface area contributed by atoms with Crippen molar-refractivity contribution in [2.45, 2.75) is 39.5 Å². The minimum atomic E-state index is -0.533. The molecule has 12 heteroatoms. The summed E-state index contributed by atoms with van der Waals surface area (Å²) in [5.41, 5.74) is 8.94. The molecule has 4 aromatic rings. The van der Waals surface area contributed by atoms with Crippen LogP contribution < -0.4 is 26.2 Å². The third-order valence-electron chi connectivity index (χ3n) is 7.20. The summed E-state index contributed by atoms with van der Waals surface area (Å²) in [6, 6.07) is 5.88. The third-order valence-corrected chi connectivity index (χ3v) is 7.20. The Kier molecular flexibility index (Phi) is 7.94. The lowest BCUT2D eigenvalue weighted by Gasteiger charge is -2.32. The zero-order valence-electron chi connectivity index (χ0n) is 23.1. The lowest BCUT2D eigenvalue weighted by molar-refractivity contribution is 0.0999. The summed E-state index contributed by atoms with van der Waals surface area (Å²) in [6.07, 6.45) is 6.56. The fourth-order valence-corrected chi connectivity index (χ4v) is 5.10. The van der Waals surface area contributed by atoms with Crippen molar-refractivity contribution in [1.82, 2.24) is 29.7 Å². The molecule has 210 valence electrons. The first-order chi connectivity index (χ1) is 19.4. The van der Waals surface area contributed by atoms with E-state index in [2.05, 4.69) is 37.2 Å². The summed E-state index contributed by atoms with van der Waals surface area (Å²) >= 11 is 0. The standard InChI is InChI=1S/C28H35N9O3/c1-4-6-21-23-24(36(3)35-21)27(39)34-26(33-23)20-13-19(7-8-22(20)40-5-2)30-14-17-9-11-37(12-10-17)28-31-15-18(16-32-28)25(29)38/h7-8,13,15-17,30H,4-6,9-12,14H2,1-3H3,(H2,29,38)(H,33,34,39). The first-order valence-electron chi connectivity index (χ1n) is 13.7. The monoisotopic (exact) mass is 545 g/mol. The minimum absolute atomic E-state index is 0.224. The Labute approximate surface area is 232 Å². The second-order valence-corrected chi connectivity index (χ2v) is 10.0. The first-order valence-corrected chi connectivity index (χ1v) is 13.7. The normalized spacial score (nSPS) is 14.0. The van der Waals surface area contributed by atoms with Gasteiger partial charge in [-0.1, -0.05) is 13.3 Å². The molecule has 0 unspecified atom stereocenters. The van der Waals surface area contributed by atoms with Crippen LogP contribution in [0.3, 0.4) is 0 Å². The SMILES string of the molecule is CCCc1nn(C)c2c(=O)[nH]c(-c3cc(NCC4CCN(c5ncc(C(N)=O)cn5)CC4)ccc3OCC)nc12. The Bertz CT molecular complexity index is 1550. The highest BCUT2D eigenvalue weighted by atomic mass is 16.5. The van der Waals surface area contributed by atoms with E-state index in [0.29, 0.717) is 46.6 Å². The van der Waals surface area contributed by atoms with E-state index < -0.39 is 5.91 Å². The van der Waals surface area contributed by atoms with Crippen molar-refractivity contribution in [3.63, 3.8) is 0 Å². The van der Waals surface area contributed by atoms with E-state index in [-0.39, 0.29) is 5.56 Å². The number of amides is 1. The molecule has 1 amide bonds. The van der Waals surface area contributed by atoms with Crippen molar-refractivity contribution in [2.75, 3.05) is 36.5 Å². The molecule has 1 saturated heterocycles. The van der Waals surface area contributed by atoms with Crippen LogP contribution in [0.1, 0.15) is 49.2 Å². The fraction of sp³-hybridized carbons (Fsp3) is 0.429. The molecule has 40 heavy (non-hydrogen) atoms. The largest absolute Gasteiger partial charge is 0.493 e. The topological polar surface area (TPSA) is 157 Å². The van der Waals surface area contributed by atoms with Crippen molar-refractivity contribution >= 4 is 28.6 Å². The van der Waals surface area contributed by atoms with Gasteiger partial charge in [-0.05, 0) is 50.3 Å². The van der Waals surface area contributed by atoms with Crippen LogP contribution in [0.2, 0.25) is 0 Å². The highest BCUT2D eigenvalue weighted by Crippen LogP contribution is 2.32. The second-order valence-electron chi connectivity index (χ2n) is 10.0. The van der Waals surface area contributed by atoms with Gasteiger partial charge < -0.3 is 25.7 Å². The number of anilines is 2. The number of nitrogens with one attached hydrogen (secondary N) is 2. The summed E-state index contributed by atoms with van der Waals surface area (Å²) in [5, 5.41) is 8.09. The number of rotatable bonds is 10. The highest BCUT2D eigenvalue weighted by molar-refractivity contribution is 5.92. The van der Waals surface area contributed by atoms with E-state index in [1.54, 1.807) is 11.7 Å². The maximum atomic E-state index is 13.0. The number of aryl methyl sites for hydroxylation is 2. The van der Waals surface area contributed by atoms with Crippen molar-refractivity contribution < 1.29 is 9.53 Å². The quantitative estimate of drug-likeness (QED) is 0.272. The van der Waals surface area contributed by atoms with Gasteiger partial charge in [0, 0.05) is 44.8 Å². The van der Waals surface area contributed by atoms with E-state index in [9.17, 15) is 9.59 Å². The van der Waals surface area contributed by atoms with E-state index >= 15 is 0 Å². The molecule has 0 bridgehead atoms. The van der Waals surface area contributed by atoms with Gasteiger partial charge in [0.05, 0.1) is 23.4 Å². The molecular weight excluding hydrogens is 510 g/mol. The van der Waals surface area contributed by atoms with E-state index in [1.807, 2.05) is 25.1 Å². The number of aromatic amines is 1. The van der Waals surface area contributed by atoms with Gasteiger partial charge in [-0.2, -0.15) is 5.10 Å². The summed E-state index contributed by atoms with van der Waals surface area (Å²) in [5.74, 6) is 1.67. The first kappa shape index (κ1) is 27.1. The van der Waals surface area contributed by atoms with Crippen LogP contribution in [0, 0.1) is 5.92 Å². The minimum Gasteiger partial charge on any atom is -0.493 e. The van der Waals surface area contributed by atoms with Crippen LogP contribution in [-0.4, -0.2) is 61.9 Å². The van der Waals surface area contributed by atoms with Gasteiger partial charge in [-0.15, -0.1) is 0 Å². The summed E-state index contributed by atoms with van der Waals surface area (Å²) in [4.78, 5) is 42.8. The average molecular weight is 546 g/mol. The number of aromatic nitrogens is 6. The molecule has 0 atom stereocenters. The number of carbonyl (C=O) groups is 1. The van der Waals surface area contributed by atoms with Gasteiger partial charge in [-0.25, -0.2) is 15.0 Å². The zero-order chi connectivity index (χ0) is 28.2. The lowest BCUT2D eigenvalue weighted by atomic mass is 9.97. The molecule has 4 heterocycles. The smallest absolute Gasteiger partial charge is 0.277 e. The molecule has 0 saturated carbocycles. The number of hydrogen-bond donors (Lipinski definition) is 3. The molecule has 1 aliphatic rings. The predicted octanol–water partition coefficient (Wildman–Crippen LogP) is 2.89. The third kappa shape index (κ3) is 5.61. The van der Waals surface area contributed by atoms with E-state index in [4.69, 9.17) is 15.5 Å². The maximum Gasteiger partial charge on any atom is 0.277 e. The molecule has 3 aromatic heterocycles. The van der Waals surface area contributed by atoms with Gasteiger partial charge in [0.1, 0.15) is 17.1 Å². The molecule has 4 N–H and O–H groups in total. The highest BCUT2D eigenvalue weighted by Gasteiger charge is 2.22. The van der Waals surface area contributed by atoms with Gasteiger partial charge in [0.2, 0.25) is 5.95 Å². The Morgan fingerprint density at radius 1 is 1.20 bits per heavy atom. The molecule has 1 aromatic carbocycles. The van der Waals surface area contributed by atoms with Gasteiger partial charge in [0.15, 0.2) is 5.52 Å². The average Bonchev–Trinajstić information content (AvgIpc) is 3.28. The lowest BCUT2D eigenvalue weighted by Crippen LogP contribution is -2.37. The van der Waals surface area contributed by atoms with Crippen LogP contribution >= 0.6 is 0 Å². The van der Waals surface area contributed by atoms with Crippen LogP contribution in [0.5, 0.6) is 5.75 Å². The number of primary amides is 1. The molecule has 1 fully saturated rings. The maximum absolute atomic E-state index is 13.0. The van der Waals surface area contributed by atoms with Crippen molar-refractivity contribution in [2.24, 2.45) is 18.7 Å². The van der Waals surface area contributed by atoms with Crippen LogP contribution in [0.25, 0.3) is 22.4 Å². The van der Waals surface area contributed by atoms with Crippen molar-refractivity contribution in [3.05, 3.63) is 52.2 Å². The van der Waals surface area contributed by atoms with Crippen molar-refractivity contribution in [1.29, 1.82) is 0 Å². The number of fused-ring (bicyclic) bond motifs is 1. The summed E-state index contributed by atoms with van der Waals surface area (Å²) in [6.45, 7) is 6.96. The Hall–Kier alpha value is -4.48. The number of piperidine rings is 1. The van der Waals surface area contributed by atoms with Gasteiger partial charge in [0.25, 0.3) is 11.5 Å². The predicted molar refractivity (Wildman–Crippen MR) is 154 cm³/mol. The number of ether oxygens (including phenoxy) is 1. The van der Waals surface area contributed by atoms with E-state index in [0.717, 1.165) is 62.3 Å². The van der Waals surface area contributed by atoms with Crippen LogP contribution in [0.4, 0.5) is 11.6 Å². The Morgan fingerprint density at radius 3 is 2.62 bits per heavy atom. The van der Waals surface area contributed by atoms with Crippen LogP contribution in [0.15, 0.2) is 35.4 Å². The fourth-order valence-electron chi connectivity index (χ4n) is 5.10. The molecule has 0 spiro atoms. The number of hydrogen-bond acceptors (Lipinski definition) is 9. The van der Waals surface area contributed by atoms with Crippen molar-refractivity contribution in [3.8, 4) is 17.1 Å². The number of nitrogens with zero attached hydrogens (tertiary/aromatic N) is 6.